The maximum Gasteiger partial charge on any atom is 0.302 e. The van der Waals surface area contributed by atoms with Crippen LogP contribution in [0.1, 0.15) is 60.3 Å². The van der Waals surface area contributed by atoms with Crippen molar-refractivity contribution < 1.29 is 14.3 Å². The van der Waals surface area contributed by atoms with Crippen molar-refractivity contribution in [2.45, 2.75) is 60.3 Å². The van der Waals surface area contributed by atoms with Gasteiger partial charge in [0.05, 0.1) is 0 Å². The van der Waals surface area contributed by atoms with Crippen molar-refractivity contribution in [2.24, 2.45) is 5.92 Å². The van der Waals surface area contributed by atoms with Crippen LogP contribution in [-0.2, 0) is 14.3 Å². The number of ketones is 1. The molecule has 0 aliphatic carbocycles. The van der Waals surface area contributed by atoms with E-state index in [0.717, 1.165) is 19.3 Å². The predicted octanol–water partition coefficient (Wildman–Crippen LogP) is 4.23. The van der Waals surface area contributed by atoms with E-state index in [1.807, 2.05) is 26.8 Å². The first-order valence-corrected chi connectivity index (χ1v) is 7.30. The molecule has 0 aliphatic heterocycles. The number of esters is 1. The molecule has 114 valence electrons. The van der Waals surface area contributed by atoms with Gasteiger partial charge in [-0.2, -0.15) is 0 Å². The van der Waals surface area contributed by atoms with Gasteiger partial charge >= 0.3 is 5.97 Å². The summed E-state index contributed by atoms with van der Waals surface area (Å²) in [7, 11) is 0. The summed E-state index contributed by atoms with van der Waals surface area (Å²) in [5, 5.41) is 0. The molecule has 0 unspecified atom stereocenters. The highest BCUT2D eigenvalue weighted by atomic mass is 16.5. The summed E-state index contributed by atoms with van der Waals surface area (Å²) in [6.45, 7) is 9.76. The Balaban J connectivity index is 3.92. The fourth-order valence-electron chi connectivity index (χ4n) is 1.66. The fraction of sp³-hybridized carbons (Fsp3) is 0.647. The summed E-state index contributed by atoms with van der Waals surface area (Å²) >= 11 is 0. The summed E-state index contributed by atoms with van der Waals surface area (Å²) in [6, 6.07) is 0. The maximum atomic E-state index is 11.5. The lowest BCUT2D eigenvalue weighted by Gasteiger charge is -2.05. The van der Waals surface area contributed by atoms with Gasteiger partial charge in [0, 0.05) is 19.3 Å². The second kappa shape index (κ2) is 10.4. The van der Waals surface area contributed by atoms with Crippen LogP contribution in [0.4, 0.5) is 0 Å². The monoisotopic (exact) mass is 280 g/mol. The summed E-state index contributed by atoms with van der Waals surface area (Å²) < 4.78 is 4.86. The van der Waals surface area contributed by atoms with Crippen LogP contribution in [0, 0.1) is 5.92 Å². The van der Waals surface area contributed by atoms with Crippen molar-refractivity contribution in [1.82, 2.24) is 0 Å². The molecule has 0 amide bonds. The highest BCUT2D eigenvalue weighted by molar-refractivity contribution is 5.80. The Morgan fingerprint density at radius 3 is 2.10 bits per heavy atom. The molecule has 0 saturated heterocycles. The molecule has 3 nitrogen and oxygen atoms in total. The van der Waals surface area contributed by atoms with Crippen molar-refractivity contribution in [2.75, 3.05) is 6.61 Å². The van der Waals surface area contributed by atoms with Crippen molar-refractivity contribution in [3.63, 3.8) is 0 Å². The number of allylic oxidation sites excluding steroid dienone is 3. The minimum absolute atomic E-state index is 0.134. The summed E-state index contributed by atoms with van der Waals surface area (Å²) in [4.78, 5) is 22.1. The van der Waals surface area contributed by atoms with Gasteiger partial charge in [0.25, 0.3) is 0 Å². The van der Waals surface area contributed by atoms with Crippen LogP contribution in [0.5, 0.6) is 0 Å². The molecule has 0 fully saturated rings. The Kier molecular flexibility index (Phi) is 9.69. The summed E-state index contributed by atoms with van der Waals surface area (Å²) in [6.07, 6.45) is 7.54. The normalized spacial score (nSPS) is 12.7. The first kappa shape index (κ1) is 18.6. The van der Waals surface area contributed by atoms with Gasteiger partial charge in [-0.05, 0) is 39.2 Å². The third-order valence-corrected chi connectivity index (χ3v) is 3.16. The quantitative estimate of drug-likeness (QED) is 0.469. The molecule has 0 atom stereocenters. The van der Waals surface area contributed by atoms with Gasteiger partial charge in [0.15, 0.2) is 0 Å². The molecule has 0 aromatic heterocycles. The van der Waals surface area contributed by atoms with Crippen LogP contribution >= 0.6 is 0 Å². The van der Waals surface area contributed by atoms with E-state index in [1.165, 1.54) is 18.1 Å². The van der Waals surface area contributed by atoms with Crippen LogP contribution < -0.4 is 0 Å². The molecule has 0 rings (SSSR count). The predicted molar refractivity (Wildman–Crippen MR) is 82.5 cm³/mol. The number of carbonyl (C=O) groups excluding carboxylic acids is 2. The average molecular weight is 280 g/mol. The molecular formula is C17H28O3. The molecule has 3 heteroatoms. The van der Waals surface area contributed by atoms with Crippen molar-refractivity contribution in [1.29, 1.82) is 0 Å². The first-order chi connectivity index (χ1) is 9.32. The lowest BCUT2D eigenvalue weighted by molar-refractivity contribution is -0.139. The van der Waals surface area contributed by atoms with Crippen LogP contribution in [0.25, 0.3) is 0 Å². The highest BCUT2D eigenvalue weighted by Crippen LogP contribution is 2.12. The smallest absolute Gasteiger partial charge is 0.302 e. The zero-order valence-electron chi connectivity index (χ0n) is 13.5. The van der Waals surface area contributed by atoms with Crippen molar-refractivity contribution >= 4 is 11.8 Å². The van der Waals surface area contributed by atoms with E-state index in [0.29, 0.717) is 18.8 Å². The molecule has 0 bridgehead atoms. The van der Waals surface area contributed by atoms with Gasteiger partial charge in [-0.15, -0.1) is 0 Å². The Morgan fingerprint density at radius 1 is 0.950 bits per heavy atom. The second-order valence-electron chi connectivity index (χ2n) is 5.56. The average Bonchev–Trinajstić information content (AvgIpc) is 2.35. The van der Waals surface area contributed by atoms with Crippen LogP contribution in [0.3, 0.4) is 0 Å². The fourth-order valence-corrected chi connectivity index (χ4v) is 1.66. The third kappa shape index (κ3) is 10.5. The van der Waals surface area contributed by atoms with Crippen LogP contribution in [0.15, 0.2) is 23.3 Å². The van der Waals surface area contributed by atoms with Crippen LogP contribution in [0.2, 0.25) is 0 Å². The number of Topliss-reactive ketones (excluding diaryl/α,β-unsaturated/α-hetero) is 1. The van der Waals surface area contributed by atoms with Gasteiger partial charge in [-0.3, -0.25) is 9.59 Å². The first-order valence-electron chi connectivity index (χ1n) is 7.30. The van der Waals surface area contributed by atoms with E-state index in [4.69, 9.17) is 4.74 Å². The van der Waals surface area contributed by atoms with Crippen LogP contribution in [-0.4, -0.2) is 18.4 Å². The molecule has 0 heterocycles. The van der Waals surface area contributed by atoms with Crippen molar-refractivity contribution in [3.8, 4) is 0 Å². The number of rotatable bonds is 9. The summed E-state index contributed by atoms with van der Waals surface area (Å²) in [5.41, 5.74) is 2.49. The summed E-state index contributed by atoms with van der Waals surface area (Å²) in [5.74, 6) is 0.212. The van der Waals surface area contributed by atoms with E-state index in [9.17, 15) is 9.59 Å². The lowest BCUT2D eigenvalue weighted by Crippen LogP contribution is -2.06. The molecule has 0 saturated carbocycles. The minimum Gasteiger partial charge on any atom is -0.462 e. The van der Waals surface area contributed by atoms with E-state index in [1.54, 1.807) is 0 Å². The standard InChI is InChI=1S/C17H28O3/c1-13(2)17(19)10-9-14(3)7-6-8-15(4)11-12-20-16(5)18/h7,11,13H,6,8-10,12H2,1-5H3/b14-7+,15-11+. The second-order valence-corrected chi connectivity index (χ2v) is 5.56. The van der Waals surface area contributed by atoms with Gasteiger partial charge < -0.3 is 4.74 Å². The van der Waals surface area contributed by atoms with E-state index < -0.39 is 0 Å². The third-order valence-electron chi connectivity index (χ3n) is 3.16. The Bertz CT molecular complexity index is 376. The number of ether oxygens (including phenoxy) is 1. The Hall–Kier alpha value is -1.38. The molecule has 0 aromatic carbocycles. The lowest BCUT2D eigenvalue weighted by atomic mass is 10.0. The van der Waals surface area contributed by atoms with E-state index in [2.05, 4.69) is 13.0 Å². The Labute approximate surface area is 123 Å². The molecule has 0 aliphatic rings. The van der Waals surface area contributed by atoms with Crippen molar-refractivity contribution in [3.05, 3.63) is 23.3 Å². The molecule has 0 radical (unpaired) electrons. The van der Waals surface area contributed by atoms with Gasteiger partial charge in [0.1, 0.15) is 12.4 Å². The zero-order valence-corrected chi connectivity index (χ0v) is 13.5. The van der Waals surface area contributed by atoms with E-state index >= 15 is 0 Å². The molecule has 0 N–H and O–H groups in total. The maximum absolute atomic E-state index is 11.5. The van der Waals surface area contributed by atoms with E-state index in [-0.39, 0.29) is 11.9 Å². The zero-order chi connectivity index (χ0) is 15.5. The van der Waals surface area contributed by atoms with Gasteiger partial charge in [-0.1, -0.05) is 31.1 Å². The molecule has 0 aromatic rings. The largest absolute Gasteiger partial charge is 0.462 e. The van der Waals surface area contributed by atoms with Gasteiger partial charge in [0.2, 0.25) is 0 Å². The Morgan fingerprint density at radius 2 is 1.55 bits per heavy atom. The molecular weight excluding hydrogens is 252 g/mol. The molecule has 0 spiro atoms. The number of carbonyl (C=O) groups is 2. The SMILES string of the molecule is CC(=O)OC/C=C(\C)CC/C=C(\C)CCC(=O)C(C)C. The van der Waals surface area contributed by atoms with Gasteiger partial charge in [-0.25, -0.2) is 0 Å². The number of hydrogen-bond acceptors (Lipinski definition) is 3. The minimum atomic E-state index is -0.250. The topological polar surface area (TPSA) is 43.4 Å². The molecule has 20 heavy (non-hydrogen) atoms. The highest BCUT2D eigenvalue weighted by Gasteiger charge is 2.06. The number of hydrogen-bond donors (Lipinski definition) is 0.